The summed E-state index contributed by atoms with van der Waals surface area (Å²) in [5.74, 6) is 0. The molecule has 1 aromatic rings. The average Bonchev–Trinajstić information content (AvgIpc) is 2.36. The highest BCUT2D eigenvalue weighted by Gasteiger charge is 2.43. The van der Waals surface area contributed by atoms with E-state index in [0.717, 1.165) is 0 Å². The number of halogens is 2. The van der Waals surface area contributed by atoms with Crippen LogP contribution in [-0.4, -0.2) is 42.1 Å². The van der Waals surface area contributed by atoms with Gasteiger partial charge in [0.25, 0.3) is 0 Å². The minimum Gasteiger partial charge on any atom is -0.384 e. The summed E-state index contributed by atoms with van der Waals surface area (Å²) in [5.41, 5.74) is 1.08. The van der Waals surface area contributed by atoms with Crippen LogP contribution in [0.1, 0.15) is 11.8 Å². The maximum Gasteiger partial charge on any atom is 0.154 e. The van der Waals surface area contributed by atoms with Gasteiger partial charge in [0.1, 0.15) is 6.10 Å². The minimum atomic E-state index is -1.38. The summed E-state index contributed by atoms with van der Waals surface area (Å²) in [5, 5.41) is 10.4. The Morgan fingerprint density at radius 1 is 1.59 bits per heavy atom. The molecule has 3 unspecified atom stereocenters. The lowest BCUT2D eigenvalue weighted by atomic mass is 9.95. The molecule has 3 heterocycles. The number of fused-ring (bicyclic) bond motifs is 3. The normalized spacial score (nSPS) is 31.9. The van der Waals surface area contributed by atoms with Crippen LogP contribution in [0, 0.1) is 0 Å². The van der Waals surface area contributed by atoms with Crippen molar-refractivity contribution in [1.29, 1.82) is 0 Å². The number of ether oxygens (including phenoxy) is 1. The van der Waals surface area contributed by atoms with Gasteiger partial charge in [-0.2, -0.15) is 0 Å². The van der Waals surface area contributed by atoms with Crippen molar-refractivity contribution in [2.24, 2.45) is 0 Å². The van der Waals surface area contributed by atoms with E-state index in [4.69, 9.17) is 16.3 Å². The fourth-order valence-corrected chi connectivity index (χ4v) is 2.60. The lowest BCUT2D eigenvalue weighted by Crippen LogP contribution is -2.55. The Balaban J connectivity index is 2.09. The highest BCUT2D eigenvalue weighted by atomic mass is 35.5. The Hall–Kier alpha value is -0.910. The number of aromatic nitrogens is 1. The number of hydrogen-bond acceptors (Lipinski definition) is 4. The summed E-state index contributed by atoms with van der Waals surface area (Å²) >= 11 is 5.90. The van der Waals surface area contributed by atoms with E-state index in [0.29, 0.717) is 29.6 Å². The lowest BCUT2D eigenvalue weighted by molar-refractivity contribution is 0.000242. The molecule has 0 aromatic carbocycles. The molecule has 6 heteroatoms. The molecule has 0 saturated carbocycles. The molecule has 3 rings (SSSR count). The molecule has 0 bridgehead atoms. The smallest absolute Gasteiger partial charge is 0.154 e. The summed E-state index contributed by atoms with van der Waals surface area (Å²) in [4.78, 5) is 5.92. The average molecular weight is 259 g/mol. The van der Waals surface area contributed by atoms with Gasteiger partial charge >= 0.3 is 0 Å². The third-order valence-corrected chi connectivity index (χ3v) is 3.49. The van der Waals surface area contributed by atoms with Gasteiger partial charge in [-0.15, -0.1) is 0 Å². The first-order valence-corrected chi connectivity index (χ1v) is 5.88. The first-order chi connectivity index (χ1) is 8.18. The predicted molar refractivity (Wildman–Crippen MR) is 61.1 cm³/mol. The zero-order valence-corrected chi connectivity index (χ0v) is 9.77. The summed E-state index contributed by atoms with van der Waals surface area (Å²) in [6.45, 7) is 1.42. The SMILES string of the molecule is OC1c2ncc(Cl)cc2N2CCOCC2C1F. The second kappa shape index (κ2) is 4.08. The topological polar surface area (TPSA) is 45.6 Å². The molecule has 2 aliphatic heterocycles. The number of aliphatic hydroxyl groups excluding tert-OH is 1. The van der Waals surface area contributed by atoms with Gasteiger partial charge in [-0.3, -0.25) is 4.98 Å². The number of rotatable bonds is 0. The Labute approximate surface area is 103 Å². The van der Waals surface area contributed by atoms with Crippen LogP contribution >= 0.6 is 11.6 Å². The molecule has 1 saturated heterocycles. The van der Waals surface area contributed by atoms with E-state index in [-0.39, 0.29) is 6.61 Å². The molecule has 1 aromatic heterocycles. The molecule has 1 N–H and O–H groups in total. The quantitative estimate of drug-likeness (QED) is 0.763. The van der Waals surface area contributed by atoms with Crippen LogP contribution in [0.2, 0.25) is 5.02 Å². The number of morpholine rings is 1. The molecule has 0 amide bonds. The van der Waals surface area contributed by atoms with E-state index in [2.05, 4.69) is 4.98 Å². The van der Waals surface area contributed by atoms with Gasteiger partial charge in [-0.1, -0.05) is 11.6 Å². The van der Waals surface area contributed by atoms with E-state index in [9.17, 15) is 9.50 Å². The first-order valence-electron chi connectivity index (χ1n) is 5.50. The van der Waals surface area contributed by atoms with E-state index in [1.54, 1.807) is 6.07 Å². The van der Waals surface area contributed by atoms with Crippen molar-refractivity contribution in [2.45, 2.75) is 18.3 Å². The number of nitrogens with zero attached hydrogens (tertiary/aromatic N) is 2. The van der Waals surface area contributed by atoms with Crippen LogP contribution in [-0.2, 0) is 4.74 Å². The van der Waals surface area contributed by atoms with Crippen molar-refractivity contribution in [3.8, 4) is 0 Å². The van der Waals surface area contributed by atoms with Gasteiger partial charge in [-0.05, 0) is 6.07 Å². The molecule has 4 nitrogen and oxygen atoms in total. The third-order valence-electron chi connectivity index (χ3n) is 3.29. The Bertz CT molecular complexity index is 445. The van der Waals surface area contributed by atoms with Crippen molar-refractivity contribution in [1.82, 2.24) is 4.98 Å². The maximum atomic E-state index is 14.0. The third kappa shape index (κ3) is 1.69. The second-order valence-electron chi connectivity index (χ2n) is 4.28. The maximum absolute atomic E-state index is 14.0. The molecule has 2 aliphatic rings. The number of anilines is 1. The molecule has 0 spiro atoms. The largest absolute Gasteiger partial charge is 0.384 e. The fourth-order valence-electron chi connectivity index (χ4n) is 2.44. The van der Waals surface area contributed by atoms with Crippen LogP contribution in [0.3, 0.4) is 0 Å². The van der Waals surface area contributed by atoms with E-state index in [1.165, 1.54) is 6.20 Å². The molecule has 17 heavy (non-hydrogen) atoms. The van der Waals surface area contributed by atoms with E-state index >= 15 is 0 Å². The first kappa shape index (κ1) is 11.2. The van der Waals surface area contributed by atoms with Crippen LogP contribution in [0.15, 0.2) is 12.3 Å². The predicted octanol–water partition coefficient (Wildman–Crippen LogP) is 1.33. The molecule has 0 radical (unpaired) electrons. The van der Waals surface area contributed by atoms with Crippen molar-refractivity contribution >= 4 is 17.3 Å². The second-order valence-corrected chi connectivity index (χ2v) is 4.72. The van der Waals surface area contributed by atoms with Crippen LogP contribution in [0.4, 0.5) is 10.1 Å². The molecule has 92 valence electrons. The van der Waals surface area contributed by atoms with Gasteiger partial charge in [0.15, 0.2) is 6.17 Å². The van der Waals surface area contributed by atoms with E-state index in [1.807, 2.05) is 4.90 Å². The van der Waals surface area contributed by atoms with Gasteiger partial charge < -0.3 is 14.7 Å². The molecule has 1 fully saturated rings. The molecular formula is C11H12ClFN2O2. The Morgan fingerprint density at radius 3 is 3.24 bits per heavy atom. The Morgan fingerprint density at radius 2 is 2.41 bits per heavy atom. The lowest BCUT2D eigenvalue weighted by Gasteiger charge is -2.44. The molecule has 0 aliphatic carbocycles. The summed E-state index contributed by atoms with van der Waals surface area (Å²) in [7, 11) is 0. The summed E-state index contributed by atoms with van der Waals surface area (Å²) < 4.78 is 19.3. The van der Waals surface area contributed by atoms with E-state index < -0.39 is 18.3 Å². The zero-order chi connectivity index (χ0) is 12.0. The highest BCUT2D eigenvalue weighted by Crippen LogP contribution is 2.39. The van der Waals surface area contributed by atoms with Gasteiger partial charge in [0.2, 0.25) is 0 Å². The molecule has 3 atom stereocenters. The van der Waals surface area contributed by atoms with Crippen molar-refractivity contribution in [2.75, 3.05) is 24.7 Å². The van der Waals surface area contributed by atoms with Crippen LogP contribution < -0.4 is 4.90 Å². The highest BCUT2D eigenvalue weighted by molar-refractivity contribution is 6.30. The van der Waals surface area contributed by atoms with Gasteiger partial charge in [-0.25, -0.2) is 4.39 Å². The Kier molecular flexibility index (Phi) is 2.69. The van der Waals surface area contributed by atoms with Gasteiger partial charge in [0, 0.05) is 12.7 Å². The summed E-state index contributed by atoms with van der Waals surface area (Å²) in [6.07, 6.45) is -1.15. The number of aliphatic hydroxyl groups is 1. The van der Waals surface area contributed by atoms with Crippen LogP contribution in [0.25, 0.3) is 0 Å². The van der Waals surface area contributed by atoms with Crippen molar-refractivity contribution in [3.05, 3.63) is 23.0 Å². The monoisotopic (exact) mass is 258 g/mol. The number of hydrogen-bond donors (Lipinski definition) is 1. The fraction of sp³-hybridized carbons (Fsp3) is 0.545. The zero-order valence-electron chi connectivity index (χ0n) is 9.01. The van der Waals surface area contributed by atoms with Crippen molar-refractivity contribution in [3.63, 3.8) is 0 Å². The number of alkyl halides is 1. The van der Waals surface area contributed by atoms with Gasteiger partial charge in [0.05, 0.1) is 35.7 Å². The number of pyridine rings is 1. The summed E-state index contributed by atoms with van der Waals surface area (Å²) in [6, 6.07) is 1.27. The van der Waals surface area contributed by atoms with Crippen LogP contribution in [0.5, 0.6) is 0 Å². The molecular weight excluding hydrogens is 247 g/mol. The van der Waals surface area contributed by atoms with Crippen molar-refractivity contribution < 1.29 is 14.2 Å². The standard InChI is InChI=1S/C11H12ClFN2O2/c12-6-3-7-10(14-4-6)11(16)9(13)8-5-17-2-1-15(7)8/h3-4,8-9,11,16H,1-2,5H2. The minimum absolute atomic E-state index is 0.282.